The first-order chi connectivity index (χ1) is 16.2. The fourth-order valence-electron chi connectivity index (χ4n) is 4.37. The second-order valence-corrected chi connectivity index (χ2v) is 8.67. The lowest BCUT2D eigenvalue weighted by Crippen LogP contribution is -2.51. The molecule has 0 saturated carbocycles. The fourth-order valence-corrected chi connectivity index (χ4v) is 4.37. The lowest BCUT2D eigenvalue weighted by molar-refractivity contribution is -0.137. The Hall–Kier alpha value is -3.49. The molecule has 4 rings (SSSR count). The Kier molecular flexibility index (Phi) is 6.81. The molecule has 1 aliphatic rings. The molecule has 1 fully saturated rings. The maximum atomic E-state index is 13.8. The number of amides is 1. The molecule has 3 heterocycles. The zero-order valence-corrected chi connectivity index (χ0v) is 19.0. The van der Waals surface area contributed by atoms with Gasteiger partial charge in [-0.25, -0.2) is 15.0 Å². The normalized spacial score (nSPS) is 18.6. The fraction of sp³-hybridized carbons (Fsp3) is 0.360. The largest absolute Gasteiger partial charge is 0.417 e. The van der Waals surface area contributed by atoms with Crippen molar-refractivity contribution in [1.82, 2.24) is 19.9 Å². The van der Waals surface area contributed by atoms with Crippen molar-refractivity contribution < 1.29 is 18.0 Å². The summed E-state index contributed by atoms with van der Waals surface area (Å²) in [4.78, 5) is 27.7. The van der Waals surface area contributed by atoms with Gasteiger partial charge in [0.1, 0.15) is 12.1 Å². The predicted molar refractivity (Wildman–Crippen MR) is 123 cm³/mol. The predicted octanol–water partition coefficient (Wildman–Crippen LogP) is 5.22. The summed E-state index contributed by atoms with van der Waals surface area (Å²) in [5.41, 5.74) is 2.29. The summed E-state index contributed by atoms with van der Waals surface area (Å²) < 4.78 is 38.5. The van der Waals surface area contributed by atoms with Crippen LogP contribution in [0.15, 0.2) is 55.2 Å². The molecule has 34 heavy (non-hydrogen) atoms. The van der Waals surface area contributed by atoms with Crippen molar-refractivity contribution in [2.45, 2.75) is 38.9 Å². The third-order valence-corrected chi connectivity index (χ3v) is 6.24. The Bertz CT molecular complexity index is 1140. The number of carbonyl (C=O) groups excluding carboxylic acids is 1. The van der Waals surface area contributed by atoms with Gasteiger partial charge in [-0.2, -0.15) is 13.2 Å². The number of carbonyl (C=O) groups is 1. The number of anilines is 1. The minimum atomic E-state index is -4.43. The highest BCUT2D eigenvalue weighted by Crippen LogP contribution is 2.31. The third-order valence-electron chi connectivity index (χ3n) is 6.24. The van der Waals surface area contributed by atoms with E-state index >= 15 is 0 Å². The van der Waals surface area contributed by atoms with E-state index in [4.69, 9.17) is 0 Å². The van der Waals surface area contributed by atoms with E-state index in [1.165, 1.54) is 12.4 Å². The quantitative estimate of drug-likeness (QED) is 0.555. The number of benzene rings is 1. The number of nitrogens with zero attached hydrogens (tertiary/aromatic N) is 4. The van der Waals surface area contributed by atoms with Crippen LogP contribution in [0, 0.1) is 12.8 Å². The lowest BCUT2D eigenvalue weighted by atomic mass is 9.89. The maximum Gasteiger partial charge on any atom is 0.417 e. The number of likely N-dealkylation sites (tertiary alicyclic amines) is 1. The average Bonchev–Trinajstić information content (AvgIpc) is 2.83. The number of aromatic nitrogens is 3. The number of hydrogen-bond donors (Lipinski definition) is 1. The summed E-state index contributed by atoms with van der Waals surface area (Å²) >= 11 is 0. The van der Waals surface area contributed by atoms with Crippen LogP contribution in [0.25, 0.3) is 11.1 Å². The van der Waals surface area contributed by atoms with Crippen molar-refractivity contribution in [1.29, 1.82) is 0 Å². The molecule has 1 saturated heterocycles. The van der Waals surface area contributed by atoms with Crippen molar-refractivity contribution in [3.05, 3.63) is 71.9 Å². The van der Waals surface area contributed by atoms with Gasteiger partial charge in [0.15, 0.2) is 0 Å². The summed E-state index contributed by atoms with van der Waals surface area (Å²) in [7, 11) is 0. The Balaban J connectivity index is 1.57. The number of nitrogens with one attached hydrogen (secondary N) is 1. The molecule has 6 nitrogen and oxygen atoms in total. The van der Waals surface area contributed by atoms with E-state index in [0.717, 1.165) is 41.8 Å². The molecule has 1 N–H and O–H groups in total. The SMILES string of the molecule is Cc1ccc(-c2cncnc2)c(C(=O)N2CCC[C@H](C)[C@@H]2CNc2ccc(C(F)(F)F)cn2)c1. The first-order valence-corrected chi connectivity index (χ1v) is 11.2. The first kappa shape index (κ1) is 23.7. The van der Waals surface area contributed by atoms with Crippen LogP contribution in [0.4, 0.5) is 19.0 Å². The van der Waals surface area contributed by atoms with Gasteiger partial charge < -0.3 is 10.2 Å². The molecule has 2 atom stereocenters. The third kappa shape index (κ3) is 5.18. The molecular formula is C25H26F3N5O. The monoisotopic (exact) mass is 469 g/mol. The van der Waals surface area contributed by atoms with E-state index in [9.17, 15) is 18.0 Å². The summed E-state index contributed by atoms with van der Waals surface area (Å²) in [6.45, 7) is 5.03. The minimum absolute atomic E-state index is 0.0821. The van der Waals surface area contributed by atoms with E-state index in [-0.39, 0.29) is 17.9 Å². The van der Waals surface area contributed by atoms with Crippen LogP contribution in [0.5, 0.6) is 0 Å². The van der Waals surface area contributed by atoms with Crippen LogP contribution in [-0.4, -0.2) is 44.9 Å². The molecule has 0 aliphatic carbocycles. The highest BCUT2D eigenvalue weighted by molar-refractivity contribution is 6.01. The molecule has 1 amide bonds. The minimum Gasteiger partial charge on any atom is -0.368 e. The summed E-state index contributed by atoms with van der Waals surface area (Å²) in [6, 6.07) is 7.93. The average molecular weight is 470 g/mol. The maximum absolute atomic E-state index is 13.8. The topological polar surface area (TPSA) is 71.0 Å². The van der Waals surface area contributed by atoms with Gasteiger partial charge in [-0.05, 0) is 49.4 Å². The Morgan fingerprint density at radius 2 is 1.91 bits per heavy atom. The molecule has 0 unspecified atom stereocenters. The van der Waals surface area contributed by atoms with Crippen LogP contribution in [0.3, 0.4) is 0 Å². The van der Waals surface area contributed by atoms with Crippen molar-refractivity contribution in [3.63, 3.8) is 0 Å². The number of aryl methyl sites for hydroxylation is 1. The molecule has 0 spiro atoms. The van der Waals surface area contributed by atoms with Crippen LogP contribution in [0.1, 0.15) is 41.3 Å². The number of alkyl halides is 3. The molecule has 2 aromatic heterocycles. The standard InChI is InChI=1S/C25H26F3N5O/c1-16-5-7-20(18-11-29-15-30-12-18)21(10-16)24(34)33-9-3-4-17(2)22(33)14-32-23-8-6-19(13-31-23)25(26,27)28/h5-8,10-13,15,17,22H,3-4,9,14H2,1-2H3,(H,31,32)/t17-,22-/m0/s1. The number of halogens is 3. The van der Waals surface area contributed by atoms with E-state index in [1.54, 1.807) is 12.4 Å². The van der Waals surface area contributed by atoms with Gasteiger partial charge in [-0.3, -0.25) is 4.79 Å². The highest BCUT2D eigenvalue weighted by atomic mass is 19.4. The second kappa shape index (κ2) is 9.79. The molecule has 178 valence electrons. The number of hydrogen-bond acceptors (Lipinski definition) is 5. The Morgan fingerprint density at radius 1 is 1.15 bits per heavy atom. The van der Waals surface area contributed by atoms with Gasteiger partial charge in [0.25, 0.3) is 5.91 Å². The Labute approximate surface area is 196 Å². The zero-order valence-electron chi connectivity index (χ0n) is 19.0. The van der Waals surface area contributed by atoms with Gasteiger partial charge >= 0.3 is 6.18 Å². The van der Waals surface area contributed by atoms with E-state index in [1.807, 2.05) is 30.0 Å². The smallest absolute Gasteiger partial charge is 0.368 e. The highest BCUT2D eigenvalue weighted by Gasteiger charge is 2.34. The molecule has 3 aromatic rings. The molecule has 1 aliphatic heterocycles. The first-order valence-electron chi connectivity index (χ1n) is 11.2. The zero-order chi connectivity index (χ0) is 24.3. The van der Waals surface area contributed by atoms with E-state index in [0.29, 0.717) is 24.5 Å². The number of pyridine rings is 1. The Morgan fingerprint density at radius 3 is 2.59 bits per heavy atom. The summed E-state index contributed by atoms with van der Waals surface area (Å²) in [6.07, 6.45) is 3.05. The van der Waals surface area contributed by atoms with Crippen molar-refractivity contribution in [2.24, 2.45) is 5.92 Å². The van der Waals surface area contributed by atoms with Crippen LogP contribution in [-0.2, 0) is 6.18 Å². The van der Waals surface area contributed by atoms with E-state index < -0.39 is 11.7 Å². The number of piperidine rings is 1. The van der Waals surface area contributed by atoms with E-state index in [2.05, 4.69) is 27.2 Å². The van der Waals surface area contributed by atoms with Gasteiger partial charge in [0, 0.05) is 42.8 Å². The van der Waals surface area contributed by atoms with Crippen molar-refractivity contribution >= 4 is 11.7 Å². The van der Waals surface area contributed by atoms with Crippen LogP contribution in [0.2, 0.25) is 0 Å². The summed E-state index contributed by atoms with van der Waals surface area (Å²) in [5.74, 6) is 0.477. The molecule has 9 heteroatoms. The van der Waals surface area contributed by atoms with Gasteiger partial charge in [0.05, 0.1) is 11.6 Å². The lowest BCUT2D eigenvalue weighted by Gasteiger charge is -2.40. The molecule has 0 radical (unpaired) electrons. The van der Waals surface area contributed by atoms with Crippen LogP contribution >= 0.6 is 0 Å². The summed E-state index contributed by atoms with van der Waals surface area (Å²) in [5, 5.41) is 3.13. The van der Waals surface area contributed by atoms with Crippen molar-refractivity contribution in [2.75, 3.05) is 18.4 Å². The van der Waals surface area contributed by atoms with Gasteiger partial charge in [-0.15, -0.1) is 0 Å². The van der Waals surface area contributed by atoms with Crippen LogP contribution < -0.4 is 5.32 Å². The van der Waals surface area contributed by atoms with Gasteiger partial charge in [-0.1, -0.05) is 24.6 Å². The molecule has 1 aromatic carbocycles. The second-order valence-electron chi connectivity index (χ2n) is 8.67. The molecular weight excluding hydrogens is 443 g/mol. The number of rotatable bonds is 5. The molecule has 0 bridgehead atoms. The van der Waals surface area contributed by atoms with Crippen molar-refractivity contribution in [3.8, 4) is 11.1 Å². The van der Waals surface area contributed by atoms with Gasteiger partial charge in [0.2, 0.25) is 0 Å².